The van der Waals surface area contributed by atoms with Crippen molar-refractivity contribution in [3.8, 4) is 0 Å². The average Bonchev–Trinajstić information content (AvgIpc) is 3.08. The Labute approximate surface area is 145 Å². The van der Waals surface area contributed by atoms with Crippen LogP contribution >= 0.6 is 11.6 Å². The first kappa shape index (κ1) is 14.9. The molecule has 4 heteroatoms. The number of carbonyl (C=O) groups excluding carboxylic acids is 1. The van der Waals surface area contributed by atoms with Crippen LogP contribution in [0.4, 0.5) is 0 Å². The summed E-state index contributed by atoms with van der Waals surface area (Å²) < 4.78 is 2.02. The summed E-state index contributed by atoms with van der Waals surface area (Å²) in [5.74, 6) is 0.0749. The number of aromatic nitrogens is 2. The van der Waals surface area contributed by atoms with Crippen LogP contribution in [0.5, 0.6) is 0 Å². The van der Waals surface area contributed by atoms with Gasteiger partial charge in [-0.15, -0.1) is 0 Å². The highest BCUT2D eigenvalue weighted by atomic mass is 35.5. The molecular formula is C20H15ClN2O. The van der Waals surface area contributed by atoms with Gasteiger partial charge in [-0.05, 0) is 53.6 Å². The molecule has 4 rings (SSSR count). The van der Waals surface area contributed by atoms with E-state index in [1.165, 1.54) is 0 Å². The number of allylic oxidation sites excluding steroid dienone is 1. The zero-order valence-corrected chi connectivity index (χ0v) is 13.6. The van der Waals surface area contributed by atoms with Crippen LogP contribution in [0.15, 0.2) is 72.7 Å². The molecule has 3 heterocycles. The molecular weight excluding hydrogens is 320 g/mol. The Balaban J connectivity index is 1.84. The third-order valence-corrected chi connectivity index (χ3v) is 4.63. The second-order valence-electron chi connectivity index (χ2n) is 5.86. The van der Waals surface area contributed by atoms with Gasteiger partial charge in [0.25, 0.3) is 0 Å². The van der Waals surface area contributed by atoms with Crippen molar-refractivity contribution in [1.29, 1.82) is 0 Å². The Morgan fingerprint density at radius 3 is 2.58 bits per heavy atom. The van der Waals surface area contributed by atoms with Crippen molar-refractivity contribution < 1.29 is 4.79 Å². The summed E-state index contributed by atoms with van der Waals surface area (Å²) in [7, 11) is 0. The van der Waals surface area contributed by atoms with Crippen molar-refractivity contribution in [2.24, 2.45) is 0 Å². The number of Topliss-reactive ketones (excluding diaryl/α,β-unsaturated/α-hetero) is 1. The number of carbonyl (C=O) groups is 1. The highest BCUT2D eigenvalue weighted by Gasteiger charge is 2.30. The number of nitrogens with zero attached hydrogens (tertiary/aromatic N) is 2. The predicted molar refractivity (Wildman–Crippen MR) is 95.2 cm³/mol. The topological polar surface area (TPSA) is 34.9 Å². The first-order chi connectivity index (χ1) is 11.7. The van der Waals surface area contributed by atoms with Gasteiger partial charge in [0, 0.05) is 41.6 Å². The highest BCUT2D eigenvalue weighted by molar-refractivity contribution is 6.30. The number of ketones is 1. The maximum Gasteiger partial charge on any atom is 0.206 e. The summed E-state index contributed by atoms with van der Waals surface area (Å²) in [6.45, 7) is 0.743. The lowest BCUT2D eigenvalue weighted by Gasteiger charge is -2.27. The molecule has 3 nitrogen and oxygen atoms in total. The second kappa shape index (κ2) is 6.10. The Morgan fingerprint density at radius 1 is 1.08 bits per heavy atom. The van der Waals surface area contributed by atoms with Gasteiger partial charge in [-0.1, -0.05) is 23.7 Å². The Bertz CT molecular complexity index is 910. The van der Waals surface area contributed by atoms with E-state index in [4.69, 9.17) is 11.6 Å². The highest BCUT2D eigenvalue weighted by Crippen LogP contribution is 2.35. The number of rotatable bonds is 2. The van der Waals surface area contributed by atoms with Crippen molar-refractivity contribution >= 4 is 23.5 Å². The van der Waals surface area contributed by atoms with Crippen LogP contribution in [-0.4, -0.2) is 15.3 Å². The molecule has 1 aromatic carbocycles. The van der Waals surface area contributed by atoms with Crippen molar-refractivity contribution in [1.82, 2.24) is 9.55 Å². The lowest BCUT2D eigenvalue weighted by Crippen LogP contribution is -2.26. The van der Waals surface area contributed by atoms with Gasteiger partial charge in [0.1, 0.15) is 0 Å². The summed E-state index contributed by atoms with van der Waals surface area (Å²) in [6.07, 6.45) is 7.40. The molecule has 0 fully saturated rings. The van der Waals surface area contributed by atoms with E-state index in [2.05, 4.69) is 4.98 Å². The Morgan fingerprint density at radius 2 is 1.83 bits per heavy atom. The molecule has 0 bridgehead atoms. The lowest BCUT2D eigenvalue weighted by molar-refractivity contribution is 0.100. The molecule has 24 heavy (non-hydrogen) atoms. The number of hydrogen-bond donors (Lipinski definition) is 0. The van der Waals surface area contributed by atoms with Gasteiger partial charge in [-0.2, -0.15) is 0 Å². The van der Waals surface area contributed by atoms with E-state index in [-0.39, 0.29) is 11.7 Å². The normalized spacial score (nSPS) is 18.6. The van der Waals surface area contributed by atoms with Crippen LogP contribution < -0.4 is 0 Å². The van der Waals surface area contributed by atoms with Gasteiger partial charge in [0.15, 0.2) is 0 Å². The van der Waals surface area contributed by atoms with Crippen LogP contribution in [0, 0.1) is 0 Å². The minimum absolute atomic E-state index is 0.00262. The quantitative estimate of drug-likeness (QED) is 0.642. The maximum atomic E-state index is 13.0. The number of hydrogen-bond acceptors (Lipinski definition) is 2. The largest absolute Gasteiger partial charge is 0.344 e. The minimum Gasteiger partial charge on any atom is -0.344 e. The van der Waals surface area contributed by atoms with Crippen molar-refractivity contribution in [2.75, 3.05) is 0 Å². The van der Waals surface area contributed by atoms with Gasteiger partial charge < -0.3 is 4.57 Å². The van der Waals surface area contributed by atoms with Gasteiger partial charge in [0.05, 0.1) is 5.69 Å². The number of halogens is 1. The van der Waals surface area contributed by atoms with E-state index in [1.807, 2.05) is 65.4 Å². The fourth-order valence-electron chi connectivity index (χ4n) is 3.17. The summed E-state index contributed by atoms with van der Waals surface area (Å²) in [6, 6.07) is 15.3. The first-order valence-electron chi connectivity index (χ1n) is 7.79. The minimum atomic E-state index is 0.00262. The van der Waals surface area contributed by atoms with E-state index in [9.17, 15) is 4.79 Å². The molecule has 0 radical (unpaired) electrons. The Hall–Kier alpha value is -2.65. The zero-order valence-electron chi connectivity index (χ0n) is 12.9. The average molecular weight is 335 g/mol. The first-order valence-corrected chi connectivity index (χ1v) is 8.17. The van der Waals surface area contributed by atoms with Crippen molar-refractivity contribution in [2.45, 2.75) is 12.5 Å². The number of pyridine rings is 1. The fraction of sp³-hybridized carbons (Fsp3) is 0.100. The summed E-state index contributed by atoms with van der Waals surface area (Å²) in [5.41, 5.74) is 3.61. The van der Waals surface area contributed by atoms with Crippen LogP contribution in [0.3, 0.4) is 0 Å². The SMILES string of the molecule is O=C1C(=Cc2ccncc2)C(c2ccc(Cl)cc2)Cn2cccc21. The molecule has 0 saturated heterocycles. The summed E-state index contributed by atoms with van der Waals surface area (Å²) >= 11 is 6.02. The van der Waals surface area contributed by atoms with Gasteiger partial charge in [-0.25, -0.2) is 0 Å². The predicted octanol–water partition coefficient (Wildman–Crippen LogP) is 4.60. The molecule has 0 aliphatic carbocycles. The molecule has 1 atom stereocenters. The fourth-order valence-corrected chi connectivity index (χ4v) is 3.29. The summed E-state index contributed by atoms with van der Waals surface area (Å²) in [5, 5.41) is 0.696. The molecule has 3 aromatic rings. The molecule has 118 valence electrons. The van der Waals surface area contributed by atoms with Crippen molar-refractivity contribution in [3.05, 3.63) is 94.5 Å². The van der Waals surface area contributed by atoms with Gasteiger partial charge >= 0.3 is 0 Å². The van der Waals surface area contributed by atoms with Crippen LogP contribution in [0.25, 0.3) is 6.08 Å². The molecule has 0 N–H and O–H groups in total. The van der Waals surface area contributed by atoms with Crippen LogP contribution in [0.2, 0.25) is 5.02 Å². The van der Waals surface area contributed by atoms with E-state index >= 15 is 0 Å². The molecule has 0 saturated carbocycles. The number of benzene rings is 1. The van der Waals surface area contributed by atoms with E-state index in [1.54, 1.807) is 12.4 Å². The second-order valence-corrected chi connectivity index (χ2v) is 6.30. The lowest BCUT2D eigenvalue weighted by atomic mass is 9.84. The molecule has 0 amide bonds. The molecule has 2 aromatic heterocycles. The van der Waals surface area contributed by atoms with Crippen LogP contribution in [0.1, 0.15) is 27.5 Å². The van der Waals surface area contributed by atoms with Gasteiger partial charge in [-0.3, -0.25) is 9.78 Å². The standard InChI is InChI=1S/C20H15ClN2O/c21-16-5-3-15(4-6-16)18-13-23-11-1-2-19(23)20(24)17(18)12-14-7-9-22-10-8-14/h1-12,18H,13H2. The third-order valence-electron chi connectivity index (χ3n) is 4.38. The van der Waals surface area contributed by atoms with E-state index in [0.29, 0.717) is 5.02 Å². The number of fused-ring (bicyclic) bond motifs is 1. The maximum absolute atomic E-state index is 13.0. The van der Waals surface area contributed by atoms with E-state index in [0.717, 1.165) is 28.9 Å². The third kappa shape index (κ3) is 2.68. The van der Waals surface area contributed by atoms with Crippen LogP contribution in [-0.2, 0) is 6.54 Å². The monoisotopic (exact) mass is 334 g/mol. The smallest absolute Gasteiger partial charge is 0.206 e. The van der Waals surface area contributed by atoms with Gasteiger partial charge in [0.2, 0.25) is 5.78 Å². The molecule has 1 aliphatic heterocycles. The molecule has 1 unspecified atom stereocenters. The zero-order chi connectivity index (χ0) is 16.5. The molecule has 0 spiro atoms. The molecule has 1 aliphatic rings. The summed E-state index contributed by atoms with van der Waals surface area (Å²) in [4.78, 5) is 17.0. The van der Waals surface area contributed by atoms with Crippen molar-refractivity contribution in [3.63, 3.8) is 0 Å². The van der Waals surface area contributed by atoms with E-state index < -0.39 is 0 Å². The Kier molecular flexibility index (Phi) is 3.79.